The second-order valence-electron chi connectivity index (χ2n) is 6.27. The monoisotopic (exact) mass is 426 g/mol. The molecule has 29 heavy (non-hydrogen) atoms. The molecule has 0 fully saturated rings. The molecular formula is C20H18N4O3S2. The number of nitrogens with zero attached hydrogens (tertiary/aromatic N) is 3. The molecule has 1 aliphatic rings. The first-order valence-corrected chi connectivity index (χ1v) is 10.7. The minimum Gasteiger partial charge on any atom is -0.497 e. The molecule has 1 N–H and O–H groups in total. The third-order valence-corrected chi connectivity index (χ3v) is 6.44. The van der Waals surface area contributed by atoms with Crippen LogP contribution in [-0.4, -0.2) is 41.4 Å². The number of benzene rings is 2. The summed E-state index contributed by atoms with van der Waals surface area (Å²) in [5, 5.41) is 11.2. The zero-order valence-corrected chi connectivity index (χ0v) is 17.3. The predicted octanol–water partition coefficient (Wildman–Crippen LogP) is 3.48. The van der Waals surface area contributed by atoms with Gasteiger partial charge < -0.3 is 9.64 Å². The van der Waals surface area contributed by atoms with Gasteiger partial charge in [0.25, 0.3) is 5.91 Å². The molecule has 0 atom stereocenters. The lowest BCUT2D eigenvalue weighted by Crippen LogP contribution is -2.30. The standard InChI is InChI=1S/C20H18N4O3S2/c1-27-15-8-6-14(7-9-15)18(26)21-19-22-23-20(29-19)28-12-17(25)24-11-10-13-4-2-3-5-16(13)24/h2-9H,10-12H2,1H3,(H,21,22,26). The third kappa shape index (κ3) is 4.41. The van der Waals surface area contributed by atoms with Crippen molar-refractivity contribution in [2.75, 3.05) is 29.6 Å². The van der Waals surface area contributed by atoms with Crippen molar-refractivity contribution < 1.29 is 14.3 Å². The van der Waals surface area contributed by atoms with E-state index >= 15 is 0 Å². The fourth-order valence-electron chi connectivity index (χ4n) is 3.03. The number of thioether (sulfide) groups is 1. The Kier molecular flexibility index (Phi) is 5.77. The van der Waals surface area contributed by atoms with Gasteiger partial charge in [-0.1, -0.05) is 41.3 Å². The number of fused-ring (bicyclic) bond motifs is 1. The van der Waals surface area contributed by atoms with Crippen molar-refractivity contribution in [1.82, 2.24) is 10.2 Å². The first kappa shape index (κ1) is 19.4. The van der Waals surface area contributed by atoms with Gasteiger partial charge in [0.15, 0.2) is 4.34 Å². The van der Waals surface area contributed by atoms with E-state index in [0.29, 0.717) is 27.3 Å². The van der Waals surface area contributed by atoms with Crippen LogP contribution < -0.4 is 15.0 Å². The van der Waals surface area contributed by atoms with Crippen molar-refractivity contribution in [3.05, 3.63) is 59.7 Å². The average Bonchev–Trinajstić information content (AvgIpc) is 3.39. The summed E-state index contributed by atoms with van der Waals surface area (Å²) in [5.74, 6) is 0.723. The Bertz CT molecular complexity index is 1040. The summed E-state index contributed by atoms with van der Waals surface area (Å²) in [6.07, 6.45) is 0.882. The number of amides is 2. The SMILES string of the molecule is COc1ccc(C(=O)Nc2nnc(SCC(=O)N3CCc4ccccc43)s2)cc1. The molecule has 0 spiro atoms. The van der Waals surface area contributed by atoms with E-state index < -0.39 is 0 Å². The van der Waals surface area contributed by atoms with Crippen molar-refractivity contribution in [3.8, 4) is 5.75 Å². The largest absolute Gasteiger partial charge is 0.497 e. The Hall–Kier alpha value is -2.91. The van der Waals surface area contributed by atoms with E-state index in [1.807, 2.05) is 23.1 Å². The highest BCUT2D eigenvalue weighted by Gasteiger charge is 2.24. The predicted molar refractivity (Wildman–Crippen MR) is 114 cm³/mol. The molecule has 0 saturated heterocycles. The summed E-state index contributed by atoms with van der Waals surface area (Å²) in [6.45, 7) is 0.706. The number of ether oxygens (including phenoxy) is 1. The fourth-order valence-corrected chi connectivity index (χ4v) is 4.65. The maximum absolute atomic E-state index is 12.6. The number of hydrogen-bond acceptors (Lipinski definition) is 7. The maximum Gasteiger partial charge on any atom is 0.257 e. The van der Waals surface area contributed by atoms with Crippen LogP contribution in [-0.2, 0) is 11.2 Å². The number of hydrogen-bond donors (Lipinski definition) is 1. The molecule has 2 heterocycles. The maximum atomic E-state index is 12.6. The quantitative estimate of drug-likeness (QED) is 0.480. The molecule has 0 radical (unpaired) electrons. The number of rotatable bonds is 6. The number of anilines is 2. The summed E-state index contributed by atoms with van der Waals surface area (Å²) < 4.78 is 5.72. The van der Waals surface area contributed by atoms with Gasteiger partial charge >= 0.3 is 0 Å². The lowest BCUT2D eigenvalue weighted by molar-refractivity contribution is -0.116. The fraction of sp³-hybridized carbons (Fsp3) is 0.200. The Balaban J connectivity index is 1.32. The number of carbonyl (C=O) groups excluding carboxylic acids is 2. The zero-order chi connectivity index (χ0) is 20.2. The summed E-state index contributed by atoms with van der Waals surface area (Å²) in [6, 6.07) is 14.8. The van der Waals surface area contributed by atoms with E-state index in [4.69, 9.17) is 4.74 Å². The molecule has 4 rings (SSSR count). The molecule has 148 valence electrons. The van der Waals surface area contributed by atoms with Gasteiger partial charge in [-0.15, -0.1) is 10.2 Å². The lowest BCUT2D eigenvalue weighted by atomic mass is 10.2. The zero-order valence-electron chi connectivity index (χ0n) is 15.6. The van der Waals surface area contributed by atoms with Crippen LogP contribution in [0.3, 0.4) is 0 Å². The van der Waals surface area contributed by atoms with E-state index in [2.05, 4.69) is 21.6 Å². The van der Waals surface area contributed by atoms with E-state index in [1.54, 1.807) is 31.4 Å². The number of para-hydroxylation sites is 1. The molecule has 2 aromatic carbocycles. The van der Waals surface area contributed by atoms with Crippen LogP contribution in [0.4, 0.5) is 10.8 Å². The van der Waals surface area contributed by atoms with Crippen molar-refractivity contribution in [2.24, 2.45) is 0 Å². The molecule has 1 aromatic heterocycles. The van der Waals surface area contributed by atoms with Gasteiger partial charge in [0, 0.05) is 17.8 Å². The minimum atomic E-state index is -0.273. The van der Waals surface area contributed by atoms with E-state index in [0.717, 1.165) is 12.1 Å². The molecule has 9 heteroatoms. The summed E-state index contributed by atoms with van der Waals surface area (Å²) in [5.41, 5.74) is 2.69. The first-order valence-electron chi connectivity index (χ1n) is 8.94. The molecule has 0 aliphatic carbocycles. The Morgan fingerprint density at radius 1 is 1.17 bits per heavy atom. The smallest absolute Gasteiger partial charge is 0.257 e. The molecule has 1 aliphatic heterocycles. The van der Waals surface area contributed by atoms with Gasteiger partial charge in [-0.25, -0.2) is 0 Å². The number of nitrogens with one attached hydrogen (secondary N) is 1. The van der Waals surface area contributed by atoms with Crippen molar-refractivity contribution in [1.29, 1.82) is 0 Å². The van der Waals surface area contributed by atoms with Crippen LogP contribution in [0.1, 0.15) is 15.9 Å². The van der Waals surface area contributed by atoms with Gasteiger partial charge in [0.05, 0.1) is 12.9 Å². The molecule has 7 nitrogen and oxygen atoms in total. The topological polar surface area (TPSA) is 84.4 Å². The number of carbonyl (C=O) groups is 2. The second kappa shape index (κ2) is 8.62. The van der Waals surface area contributed by atoms with E-state index in [-0.39, 0.29) is 17.6 Å². The normalized spacial score (nSPS) is 12.5. The highest BCUT2D eigenvalue weighted by molar-refractivity contribution is 8.01. The number of methoxy groups -OCH3 is 1. The first-order chi connectivity index (χ1) is 14.1. The average molecular weight is 427 g/mol. The molecule has 0 unspecified atom stereocenters. The van der Waals surface area contributed by atoms with Crippen molar-refractivity contribution in [2.45, 2.75) is 10.8 Å². The van der Waals surface area contributed by atoms with E-state index in [9.17, 15) is 9.59 Å². The molecule has 3 aromatic rings. The van der Waals surface area contributed by atoms with Crippen LogP contribution in [0.15, 0.2) is 52.9 Å². The summed E-state index contributed by atoms with van der Waals surface area (Å²) >= 11 is 2.57. The van der Waals surface area contributed by atoms with Gasteiger partial charge in [0.1, 0.15) is 5.75 Å². The molecule has 2 amide bonds. The molecule has 0 bridgehead atoms. The van der Waals surface area contributed by atoms with Crippen LogP contribution in [0.5, 0.6) is 5.75 Å². The van der Waals surface area contributed by atoms with Crippen molar-refractivity contribution >= 4 is 45.7 Å². The van der Waals surface area contributed by atoms with Crippen molar-refractivity contribution in [3.63, 3.8) is 0 Å². The van der Waals surface area contributed by atoms with E-state index in [1.165, 1.54) is 28.7 Å². The number of aromatic nitrogens is 2. The minimum absolute atomic E-state index is 0.0407. The molecule has 0 saturated carbocycles. The van der Waals surface area contributed by atoms with Crippen LogP contribution in [0.25, 0.3) is 0 Å². The van der Waals surface area contributed by atoms with Gasteiger partial charge in [-0.05, 0) is 42.3 Å². The second-order valence-corrected chi connectivity index (χ2v) is 8.47. The van der Waals surface area contributed by atoms with Gasteiger partial charge in [-0.3, -0.25) is 14.9 Å². The summed E-state index contributed by atoms with van der Waals surface area (Å²) in [4.78, 5) is 26.7. The Labute approximate surface area is 176 Å². The van der Waals surface area contributed by atoms with Gasteiger partial charge in [0.2, 0.25) is 11.0 Å². The highest BCUT2D eigenvalue weighted by Crippen LogP contribution is 2.30. The van der Waals surface area contributed by atoms with Crippen LogP contribution in [0.2, 0.25) is 0 Å². The van der Waals surface area contributed by atoms with Crippen LogP contribution >= 0.6 is 23.1 Å². The molecular weight excluding hydrogens is 408 g/mol. The third-order valence-electron chi connectivity index (χ3n) is 4.49. The Morgan fingerprint density at radius 2 is 1.97 bits per heavy atom. The van der Waals surface area contributed by atoms with Gasteiger partial charge in [-0.2, -0.15) is 0 Å². The highest BCUT2D eigenvalue weighted by atomic mass is 32.2. The summed E-state index contributed by atoms with van der Waals surface area (Å²) in [7, 11) is 1.57. The Morgan fingerprint density at radius 3 is 2.76 bits per heavy atom. The lowest BCUT2D eigenvalue weighted by Gasteiger charge is -2.16. The van der Waals surface area contributed by atoms with Crippen LogP contribution in [0, 0.1) is 0 Å².